The van der Waals surface area contributed by atoms with Gasteiger partial charge >= 0.3 is 6.03 Å². The van der Waals surface area contributed by atoms with Crippen LogP contribution in [0.5, 0.6) is 11.8 Å². The minimum atomic E-state index is -0.215. The van der Waals surface area contributed by atoms with Crippen molar-refractivity contribution in [2.24, 2.45) is 0 Å². The van der Waals surface area contributed by atoms with Gasteiger partial charge < -0.3 is 20.1 Å². The van der Waals surface area contributed by atoms with Crippen molar-refractivity contribution >= 4 is 23.3 Å². The maximum Gasteiger partial charge on any atom is 0.319 e. The van der Waals surface area contributed by atoms with Crippen LogP contribution in [0.3, 0.4) is 0 Å². The number of benzene rings is 1. The molecule has 1 heterocycles. The Bertz CT molecular complexity index is 733. The van der Waals surface area contributed by atoms with Gasteiger partial charge in [0.2, 0.25) is 0 Å². The Hall–Kier alpha value is -2.54. The summed E-state index contributed by atoms with van der Waals surface area (Å²) in [7, 11) is 1.54. The fourth-order valence-electron chi connectivity index (χ4n) is 2.90. The molecule has 3 rings (SSSR count). The van der Waals surface area contributed by atoms with E-state index in [4.69, 9.17) is 21.1 Å². The van der Waals surface area contributed by atoms with E-state index in [9.17, 15) is 4.79 Å². The molecule has 1 aliphatic rings. The van der Waals surface area contributed by atoms with E-state index in [1.165, 1.54) is 7.11 Å². The molecule has 1 saturated carbocycles. The zero-order valence-electron chi connectivity index (χ0n) is 14.4. The Morgan fingerprint density at radius 3 is 2.38 bits per heavy atom. The van der Waals surface area contributed by atoms with Gasteiger partial charge in [0.05, 0.1) is 7.11 Å². The number of nitrogens with zero attached hydrogens (tertiary/aromatic N) is 2. The van der Waals surface area contributed by atoms with Gasteiger partial charge in [0.15, 0.2) is 0 Å². The van der Waals surface area contributed by atoms with E-state index < -0.39 is 0 Å². The first-order valence-electron chi connectivity index (χ1n) is 8.49. The molecule has 138 valence electrons. The number of hydrogen-bond donors (Lipinski definition) is 2. The van der Waals surface area contributed by atoms with Crippen LogP contribution in [0.4, 0.5) is 10.5 Å². The second-order valence-corrected chi connectivity index (χ2v) is 6.50. The molecule has 0 radical (unpaired) electrons. The molecule has 8 heteroatoms. The number of hydrogen-bond acceptors (Lipinski definition) is 5. The van der Waals surface area contributed by atoms with Crippen molar-refractivity contribution in [3.63, 3.8) is 0 Å². The smallest absolute Gasteiger partial charge is 0.319 e. The fraction of sp³-hybridized carbons (Fsp3) is 0.389. The van der Waals surface area contributed by atoms with Crippen molar-refractivity contribution in [3.8, 4) is 11.8 Å². The van der Waals surface area contributed by atoms with Gasteiger partial charge in [0.25, 0.3) is 11.8 Å². The van der Waals surface area contributed by atoms with Gasteiger partial charge in [-0.05, 0) is 49.9 Å². The highest BCUT2D eigenvalue weighted by Gasteiger charge is 2.25. The van der Waals surface area contributed by atoms with E-state index in [2.05, 4.69) is 20.6 Å². The molecule has 2 N–H and O–H groups in total. The zero-order valence-corrected chi connectivity index (χ0v) is 15.2. The molecule has 2 aromatic rings. The van der Waals surface area contributed by atoms with Crippen LogP contribution < -0.4 is 20.1 Å². The molecule has 0 bridgehead atoms. The lowest BCUT2D eigenvalue weighted by Gasteiger charge is -2.29. The normalized spacial score (nSPS) is 19.5. The molecule has 1 aromatic carbocycles. The summed E-state index contributed by atoms with van der Waals surface area (Å²) in [4.78, 5) is 20.3. The summed E-state index contributed by atoms with van der Waals surface area (Å²) in [6.45, 7) is 0. The maximum absolute atomic E-state index is 12.1. The lowest BCUT2D eigenvalue weighted by atomic mass is 9.93. The molecule has 1 fully saturated rings. The third kappa shape index (κ3) is 4.98. The highest BCUT2D eigenvalue weighted by Crippen LogP contribution is 2.27. The molecule has 0 spiro atoms. The van der Waals surface area contributed by atoms with E-state index in [1.807, 2.05) is 0 Å². The van der Waals surface area contributed by atoms with Crippen molar-refractivity contribution < 1.29 is 14.3 Å². The summed E-state index contributed by atoms with van der Waals surface area (Å²) in [6.07, 6.45) is 6.50. The molecule has 2 amide bonds. The Morgan fingerprint density at radius 2 is 1.73 bits per heavy atom. The van der Waals surface area contributed by atoms with Crippen molar-refractivity contribution in [2.45, 2.75) is 37.8 Å². The van der Waals surface area contributed by atoms with Crippen LogP contribution in [0.15, 0.2) is 36.7 Å². The van der Waals surface area contributed by atoms with Crippen LogP contribution in [0, 0.1) is 0 Å². The van der Waals surface area contributed by atoms with E-state index in [1.54, 1.807) is 36.7 Å². The predicted molar refractivity (Wildman–Crippen MR) is 98.9 cm³/mol. The maximum atomic E-state index is 12.1. The monoisotopic (exact) mass is 376 g/mol. The van der Waals surface area contributed by atoms with Gasteiger partial charge in [0.1, 0.15) is 6.10 Å². The van der Waals surface area contributed by atoms with Gasteiger partial charge in [0, 0.05) is 29.1 Å². The number of methoxy groups -OCH3 is 1. The molecule has 0 aliphatic heterocycles. The number of rotatable bonds is 5. The van der Waals surface area contributed by atoms with Gasteiger partial charge in [-0.1, -0.05) is 11.6 Å². The average Bonchev–Trinajstić information content (AvgIpc) is 2.65. The molecular formula is C18H21ClN4O3. The van der Waals surface area contributed by atoms with Crippen LogP contribution in [0.1, 0.15) is 25.7 Å². The Kier molecular flexibility index (Phi) is 6.12. The Labute approximate surface area is 157 Å². The average molecular weight is 377 g/mol. The Balaban J connectivity index is 1.44. The van der Waals surface area contributed by atoms with Crippen LogP contribution >= 0.6 is 11.6 Å². The number of ether oxygens (including phenoxy) is 2. The SMILES string of the molecule is COc1nccnc1OC1CCC(NC(=O)Nc2ccc(Cl)cc2)CC1. The largest absolute Gasteiger partial charge is 0.477 e. The topological polar surface area (TPSA) is 85.4 Å². The van der Waals surface area contributed by atoms with Gasteiger partial charge in [-0.15, -0.1) is 0 Å². The quantitative estimate of drug-likeness (QED) is 0.831. The summed E-state index contributed by atoms with van der Waals surface area (Å²) < 4.78 is 11.1. The number of anilines is 1. The molecule has 1 aliphatic carbocycles. The second kappa shape index (κ2) is 8.71. The van der Waals surface area contributed by atoms with Crippen molar-refractivity contribution in [3.05, 3.63) is 41.7 Å². The summed E-state index contributed by atoms with van der Waals surface area (Å²) in [6, 6.07) is 6.90. The van der Waals surface area contributed by atoms with E-state index >= 15 is 0 Å². The second-order valence-electron chi connectivity index (χ2n) is 6.07. The number of carbonyl (C=O) groups is 1. The molecule has 26 heavy (non-hydrogen) atoms. The summed E-state index contributed by atoms with van der Waals surface area (Å²) in [5.74, 6) is 0.794. The van der Waals surface area contributed by atoms with E-state index in [0.717, 1.165) is 25.7 Å². The highest BCUT2D eigenvalue weighted by atomic mass is 35.5. The number of nitrogens with one attached hydrogen (secondary N) is 2. The zero-order chi connectivity index (χ0) is 18.4. The summed E-state index contributed by atoms with van der Waals surface area (Å²) in [5, 5.41) is 6.44. The highest BCUT2D eigenvalue weighted by molar-refractivity contribution is 6.30. The lowest BCUT2D eigenvalue weighted by Crippen LogP contribution is -2.41. The molecule has 7 nitrogen and oxygen atoms in total. The minimum absolute atomic E-state index is 0.0398. The fourth-order valence-corrected chi connectivity index (χ4v) is 3.03. The summed E-state index contributed by atoms with van der Waals surface area (Å²) in [5.41, 5.74) is 0.707. The minimum Gasteiger partial charge on any atom is -0.477 e. The van der Waals surface area contributed by atoms with Crippen LogP contribution in [-0.2, 0) is 0 Å². The van der Waals surface area contributed by atoms with Crippen molar-refractivity contribution in [1.82, 2.24) is 15.3 Å². The Morgan fingerprint density at radius 1 is 1.08 bits per heavy atom. The van der Waals surface area contributed by atoms with Gasteiger partial charge in [-0.2, -0.15) is 0 Å². The number of halogens is 1. The summed E-state index contributed by atoms with van der Waals surface area (Å²) >= 11 is 5.84. The number of amides is 2. The van der Waals surface area contributed by atoms with E-state index in [-0.39, 0.29) is 18.2 Å². The first-order chi connectivity index (χ1) is 12.6. The van der Waals surface area contributed by atoms with E-state index in [0.29, 0.717) is 22.5 Å². The molecular weight excluding hydrogens is 356 g/mol. The lowest BCUT2D eigenvalue weighted by molar-refractivity contribution is 0.129. The number of carbonyl (C=O) groups excluding carboxylic acids is 1. The number of urea groups is 1. The molecule has 0 unspecified atom stereocenters. The third-order valence-corrected chi connectivity index (χ3v) is 4.47. The molecule has 0 saturated heterocycles. The first-order valence-corrected chi connectivity index (χ1v) is 8.86. The first kappa shape index (κ1) is 18.3. The van der Waals surface area contributed by atoms with Crippen molar-refractivity contribution in [2.75, 3.05) is 12.4 Å². The number of aromatic nitrogens is 2. The van der Waals surface area contributed by atoms with Crippen molar-refractivity contribution in [1.29, 1.82) is 0 Å². The molecule has 1 aromatic heterocycles. The van der Waals surface area contributed by atoms with Gasteiger partial charge in [-0.3, -0.25) is 0 Å². The third-order valence-electron chi connectivity index (χ3n) is 4.22. The van der Waals surface area contributed by atoms with Gasteiger partial charge in [-0.25, -0.2) is 14.8 Å². The van der Waals surface area contributed by atoms with Crippen LogP contribution in [0.25, 0.3) is 0 Å². The van der Waals surface area contributed by atoms with Crippen LogP contribution in [0.2, 0.25) is 5.02 Å². The molecule has 0 atom stereocenters. The standard InChI is InChI=1S/C18H21ClN4O3/c1-25-16-17(21-11-10-20-16)26-15-8-6-14(7-9-15)23-18(24)22-13-4-2-12(19)3-5-13/h2-5,10-11,14-15H,6-9H2,1H3,(H2,22,23,24). The van der Waals surface area contributed by atoms with Crippen LogP contribution in [-0.4, -0.2) is 35.3 Å². The predicted octanol–water partition coefficient (Wildman–Crippen LogP) is 3.65.